The van der Waals surface area contributed by atoms with Crippen LogP contribution in [-0.2, 0) is 4.79 Å². The van der Waals surface area contributed by atoms with Gasteiger partial charge >= 0.3 is 0 Å². The maximum absolute atomic E-state index is 10.6. The van der Waals surface area contributed by atoms with Gasteiger partial charge in [-0.3, -0.25) is 10.2 Å². The second kappa shape index (κ2) is 23.6. The second-order valence-corrected chi connectivity index (χ2v) is 2.10. The lowest BCUT2D eigenvalue weighted by Gasteiger charge is -2.14. The Morgan fingerprint density at radius 1 is 1.33 bits per heavy atom. The molecule has 0 bridgehead atoms. The Morgan fingerprint density at radius 3 is 2.00 bits per heavy atom. The number of carbonyl (C=O) groups is 1. The fourth-order valence-corrected chi connectivity index (χ4v) is 0.625. The average molecular weight is 286 g/mol. The van der Waals surface area contributed by atoms with E-state index in [9.17, 15) is 4.79 Å². The quantitative estimate of drug-likeness (QED) is 0.544. The van der Waals surface area contributed by atoms with Crippen molar-refractivity contribution >= 4 is 43.1 Å². The summed E-state index contributed by atoms with van der Waals surface area (Å²) in [6, 6.07) is 0. The Bertz CT molecular complexity index is 137. The standard InChI is InChI=1S/C7H14N2O.3ClH.2H3N/c1-4-6-9(3)8-7(10)5-2;;;;;/h5H,2,4,6H2,1,3H3,(H,8,10);3*1H;2*1H3. The normalized spacial score (nSPS) is 6.33. The molecule has 0 saturated carbocycles. The summed E-state index contributed by atoms with van der Waals surface area (Å²) < 4.78 is 0. The molecule has 0 spiro atoms. The van der Waals surface area contributed by atoms with E-state index < -0.39 is 0 Å². The van der Waals surface area contributed by atoms with E-state index in [2.05, 4.69) is 18.9 Å². The fraction of sp³-hybridized carbons (Fsp3) is 0.571. The van der Waals surface area contributed by atoms with Crippen molar-refractivity contribution in [2.45, 2.75) is 13.3 Å². The first-order valence-corrected chi connectivity index (χ1v) is 3.35. The van der Waals surface area contributed by atoms with Crippen molar-refractivity contribution in [3.63, 3.8) is 0 Å². The third kappa shape index (κ3) is 24.9. The van der Waals surface area contributed by atoms with Gasteiger partial charge in [0.2, 0.25) is 0 Å². The zero-order chi connectivity index (χ0) is 7.98. The Morgan fingerprint density at radius 2 is 1.73 bits per heavy atom. The molecule has 8 heteroatoms. The van der Waals surface area contributed by atoms with Crippen LogP contribution in [0.5, 0.6) is 0 Å². The molecule has 98 valence electrons. The number of halogens is 3. The van der Waals surface area contributed by atoms with E-state index in [0.717, 1.165) is 13.0 Å². The zero-order valence-corrected chi connectivity index (χ0v) is 11.6. The van der Waals surface area contributed by atoms with E-state index in [0.29, 0.717) is 0 Å². The summed E-state index contributed by atoms with van der Waals surface area (Å²) >= 11 is 0. The highest BCUT2D eigenvalue weighted by Crippen LogP contribution is 1.80. The lowest BCUT2D eigenvalue weighted by atomic mass is 10.5. The highest BCUT2D eigenvalue weighted by molar-refractivity contribution is 5.86. The van der Waals surface area contributed by atoms with Crippen LogP contribution in [-0.4, -0.2) is 24.5 Å². The number of amides is 1. The number of nitrogens with one attached hydrogen (secondary N) is 1. The van der Waals surface area contributed by atoms with Crippen LogP contribution in [0.4, 0.5) is 0 Å². The van der Waals surface area contributed by atoms with Crippen LogP contribution in [0.2, 0.25) is 0 Å². The molecule has 0 unspecified atom stereocenters. The number of hydrazine groups is 1. The topological polar surface area (TPSA) is 102 Å². The van der Waals surface area contributed by atoms with Crippen LogP contribution in [0.1, 0.15) is 13.3 Å². The molecule has 1 amide bonds. The minimum absolute atomic E-state index is 0. The summed E-state index contributed by atoms with van der Waals surface area (Å²) in [4.78, 5) is 10.6. The van der Waals surface area contributed by atoms with Crippen molar-refractivity contribution in [2.24, 2.45) is 0 Å². The van der Waals surface area contributed by atoms with E-state index in [-0.39, 0.29) is 55.4 Å². The predicted molar refractivity (Wildman–Crippen MR) is 73.0 cm³/mol. The summed E-state index contributed by atoms with van der Waals surface area (Å²) in [7, 11) is 1.82. The van der Waals surface area contributed by atoms with Gasteiger partial charge in [0.05, 0.1) is 0 Å². The van der Waals surface area contributed by atoms with E-state index in [1.165, 1.54) is 6.08 Å². The number of nitrogens with zero attached hydrogens (tertiary/aromatic N) is 1. The van der Waals surface area contributed by atoms with Crippen LogP contribution < -0.4 is 17.7 Å². The molecule has 0 rings (SSSR count). The van der Waals surface area contributed by atoms with Crippen molar-refractivity contribution in [3.8, 4) is 0 Å². The van der Waals surface area contributed by atoms with Gasteiger partial charge in [-0.05, 0) is 12.5 Å². The van der Waals surface area contributed by atoms with Crippen molar-refractivity contribution in [1.82, 2.24) is 22.7 Å². The highest BCUT2D eigenvalue weighted by Gasteiger charge is 1.96. The molecule has 0 aromatic rings. The van der Waals surface area contributed by atoms with Crippen molar-refractivity contribution in [2.75, 3.05) is 13.6 Å². The molecule has 15 heavy (non-hydrogen) atoms. The maximum Gasteiger partial charge on any atom is 0.257 e. The predicted octanol–water partition coefficient (Wildman–Crippen LogP) is 2.13. The number of rotatable bonds is 4. The van der Waals surface area contributed by atoms with Crippen LogP contribution in [0.3, 0.4) is 0 Å². The van der Waals surface area contributed by atoms with Gasteiger partial charge < -0.3 is 12.3 Å². The first kappa shape index (κ1) is 36.3. The van der Waals surface area contributed by atoms with E-state index in [1.807, 2.05) is 7.05 Å². The van der Waals surface area contributed by atoms with Gasteiger partial charge in [-0.2, -0.15) is 0 Å². The van der Waals surface area contributed by atoms with E-state index >= 15 is 0 Å². The van der Waals surface area contributed by atoms with Crippen molar-refractivity contribution in [3.05, 3.63) is 12.7 Å². The highest BCUT2D eigenvalue weighted by atomic mass is 35.5. The monoisotopic (exact) mass is 284 g/mol. The third-order valence-corrected chi connectivity index (χ3v) is 1.05. The molecule has 5 nitrogen and oxygen atoms in total. The molecule has 0 aliphatic heterocycles. The van der Waals surface area contributed by atoms with Crippen LogP contribution in [0.25, 0.3) is 0 Å². The SMILES string of the molecule is C=CC(=O)NN(C)CCC.Cl.Cl.Cl.N.N. The number of hydrogen-bond donors (Lipinski definition) is 3. The van der Waals surface area contributed by atoms with Gasteiger partial charge in [-0.25, -0.2) is 5.01 Å². The number of carbonyl (C=O) groups excluding carboxylic acids is 1. The smallest absolute Gasteiger partial charge is 0.257 e. The minimum Gasteiger partial charge on any atom is -0.344 e. The first-order valence-electron chi connectivity index (χ1n) is 3.35. The molecule has 0 fully saturated rings. The summed E-state index contributed by atoms with van der Waals surface area (Å²) in [5.74, 6) is -0.157. The molecular weight excluding hydrogens is 262 g/mol. The van der Waals surface area contributed by atoms with Crippen molar-refractivity contribution in [1.29, 1.82) is 0 Å². The Kier molecular flexibility index (Phi) is 57.2. The molecule has 0 atom stereocenters. The molecule has 0 aliphatic rings. The van der Waals surface area contributed by atoms with Gasteiger partial charge in [0.1, 0.15) is 0 Å². The maximum atomic E-state index is 10.6. The second-order valence-electron chi connectivity index (χ2n) is 2.10. The Hall–Kier alpha value is -0.0400. The molecule has 0 aliphatic carbocycles. The molecule has 0 aromatic heterocycles. The first-order chi connectivity index (χ1) is 4.70. The summed E-state index contributed by atoms with van der Waals surface area (Å²) in [6.45, 7) is 6.25. The average Bonchev–Trinajstić information content (AvgIpc) is 1.88. The van der Waals surface area contributed by atoms with Gasteiger partial charge in [-0.1, -0.05) is 13.5 Å². The van der Waals surface area contributed by atoms with Gasteiger partial charge in [0, 0.05) is 13.6 Å². The molecular formula is C7H23Cl3N4O. The summed E-state index contributed by atoms with van der Waals surface area (Å²) in [5, 5.41) is 1.74. The largest absolute Gasteiger partial charge is 0.344 e. The Labute approximate surface area is 110 Å². The zero-order valence-electron chi connectivity index (χ0n) is 9.19. The molecule has 0 saturated heterocycles. The molecule has 0 radical (unpaired) electrons. The van der Waals surface area contributed by atoms with E-state index in [4.69, 9.17) is 0 Å². The summed E-state index contributed by atoms with van der Waals surface area (Å²) in [6.07, 6.45) is 2.28. The van der Waals surface area contributed by atoms with Crippen molar-refractivity contribution < 1.29 is 4.79 Å². The molecule has 0 heterocycles. The molecule has 0 aromatic carbocycles. The number of hydrogen-bond acceptors (Lipinski definition) is 4. The summed E-state index contributed by atoms with van der Waals surface area (Å²) in [5.41, 5.74) is 2.61. The van der Waals surface area contributed by atoms with Gasteiger partial charge in [-0.15, -0.1) is 37.2 Å². The van der Waals surface area contributed by atoms with E-state index in [1.54, 1.807) is 5.01 Å². The van der Waals surface area contributed by atoms with Crippen LogP contribution >= 0.6 is 37.2 Å². The fourth-order valence-electron chi connectivity index (χ4n) is 0.625. The lowest BCUT2D eigenvalue weighted by molar-refractivity contribution is -0.120. The minimum atomic E-state index is -0.157. The van der Waals surface area contributed by atoms with Gasteiger partial charge in [0.25, 0.3) is 5.91 Å². The Balaban J connectivity index is -0.0000000405. The third-order valence-electron chi connectivity index (χ3n) is 1.05. The van der Waals surface area contributed by atoms with Gasteiger partial charge in [0.15, 0.2) is 0 Å². The molecule has 7 N–H and O–H groups in total. The van der Waals surface area contributed by atoms with Crippen LogP contribution in [0.15, 0.2) is 12.7 Å². The lowest BCUT2D eigenvalue weighted by Crippen LogP contribution is -2.38. The van der Waals surface area contributed by atoms with Crippen LogP contribution in [0, 0.1) is 0 Å².